The maximum absolute atomic E-state index is 12.1. The molecule has 2 aliphatic rings. The predicted molar refractivity (Wildman–Crippen MR) is 76.8 cm³/mol. The summed E-state index contributed by atoms with van der Waals surface area (Å²) in [5.74, 6) is -0.810. The molecule has 116 valence electrons. The van der Waals surface area contributed by atoms with Crippen LogP contribution in [0.15, 0.2) is 30.3 Å². The molecule has 2 fully saturated rings. The summed E-state index contributed by atoms with van der Waals surface area (Å²) in [7, 11) is 0. The Morgan fingerprint density at radius 1 is 1.32 bits per heavy atom. The smallest absolute Gasteiger partial charge is 0.251 e. The molecule has 0 aromatic heterocycles. The van der Waals surface area contributed by atoms with Crippen molar-refractivity contribution in [2.75, 3.05) is 13.2 Å². The molecular weight excluding hydrogens is 286 g/mol. The van der Waals surface area contributed by atoms with Crippen LogP contribution < -0.4 is 10.6 Å². The van der Waals surface area contributed by atoms with Gasteiger partial charge in [0.25, 0.3) is 5.91 Å². The van der Waals surface area contributed by atoms with Gasteiger partial charge in [0.1, 0.15) is 12.1 Å². The SMILES string of the molecule is O=C(N[C@H]1C[C@H]2C(=O)N[C@H](CO)C(=O)N2C1)c1ccccc1. The molecule has 0 radical (unpaired) electrons. The van der Waals surface area contributed by atoms with E-state index in [2.05, 4.69) is 10.6 Å². The number of amides is 3. The Kier molecular flexibility index (Phi) is 3.81. The number of hydrogen-bond donors (Lipinski definition) is 3. The standard InChI is InChI=1S/C15H17N3O4/c19-8-11-15(22)18-7-10(6-12(18)14(21)17-11)16-13(20)9-4-2-1-3-5-9/h1-5,10-12,19H,6-8H2,(H,16,20)(H,17,21)/t10-,11+,12-/m0/s1. The minimum atomic E-state index is -0.882. The van der Waals surface area contributed by atoms with Gasteiger partial charge in [0, 0.05) is 18.2 Å². The highest BCUT2D eigenvalue weighted by atomic mass is 16.3. The molecule has 3 rings (SSSR count). The highest BCUT2D eigenvalue weighted by Gasteiger charge is 2.46. The molecule has 0 unspecified atom stereocenters. The van der Waals surface area contributed by atoms with Crippen molar-refractivity contribution < 1.29 is 19.5 Å². The van der Waals surface area contributed by atoms with Crippen LogP contribution in [0.25, 0.3) is 0 Å². The average molecular weight is 303 g/mol. The Hall–Kier alpha value is -2.41. The fraction of sp³-hybridized carbons (Fsp3) is 0.400. The van der Waals surface area contributed by atoms with Crippen LogP contribution >= 0.6 is 0 Å². The van der Waals surface area contributed by atoms with Crippen LogP contribution in [0.3, 0.4) is 0 Å². The third-order valence-corrected chi connectivity index (χ3v) is 4.06. The zero-order chi connectivity index (χ0) is 15.7. The van der Waals surface area contributed by atoms with Gasteiger partial charge in [-0.25, -0.2) is 0 Å². The number of hydrogen-bond acceptors (Lipinski definition) is 4. The summed E-state index contributed by atoms with van der Waals surface area (Å²) in [6.45, 7) is -0.138. The second-order valence-electron chi connectivity index (χ2n) is 5.52. The second kappa shape index (κ2) is 5.76. The zero-order valence-electron chi connectivity index (χ0n) is 11.9. The van der Waals surface area contributed by atoms with Crippen molar-refractivity contribution in [3.8, 4) is 0 Å². The Balaban J connectivity index is 1.68. The monoisotopic (exact) mass is 303 g/mol. The number of carbonyl (C=O) groups is 3. The van der Waals surface area contributed by atoms with Crippen LogP contribution in [0, 0.1) is 0 Å². The summed E-state index contributed by atoms with van der Waals surface area (Å²) >= 11 is 0. The van der Waals surface area contributed by atoms with Crippen molar-refractivity contribution in [3.63, 3.8) is 0 Å². The van der Waals surface area contributed by atoms with E-state index in [1.807, 2.05) is 6.07 Å². The van der Waals surface area contributed by atoms with E-state index in [1.165, 1.54) is 4.90 Å². The first-order valence-electron chi connectivity index (χ1n) is 7.18. The van der Waals surface area contributed by atoms with Gasteiger partial charge in [-0.15, -0.1) is 0 Å². The zero-order valence-corrected chi connectivity index (χ0v) is 11.9. The van der Waals surface area contributed by atoms with Gasteiger partial charge in [0.2, 0.25) is 11.8 Å². The van der Waals surface area contributed by atoms with Crippen molar-refractivity contribution in [1.29, 1.82) is 0 Å². The summed E-state index contributed by atoms with van der Waals surface area (Å²) in [5.41, 5.74) is 0.538. The quantitative estimate of drug-likeness (QED) is 0.658. The maximum Gasteiger partial charge on any atom is 0.251 e. The van der Waals surface area contributed by atoms with Gasteiger partial charge in [0.05, 0.1) is 6.61 Å². The van der Waals surface area contributed by atoms with Gasteiger partial charge >= 0.3 is 0 Å². The number of nitrogens with zero attached hydrogens (tertiary/aromatic N) is 1. The Morgan fingerprint density at radius 3 is 2.73 bits per heavy atom. The van der Waals surface area contributed by atoms with Gasteiger partial charge < -0.3 is 20.6 Å². The average Bonchev–Trinajstić information content (AvgIpc) is 2.96. The Bertz CT molecular complexity index is 604. The van der Waals surface area contributed by atoms with Crippen molar-refractivity contribution in [2.45, 2.75) is 24.5 Å². The van der Waals surface area contributed by atoms with Crippen LogP contribution in [-0.4, -0.2) is 59.0 Å². The van der Waals surface area contributed by atoms with Gasteiger partial charge in [-0.3, -0.25) is 14.4 Å². The third kappa shape index (κ3) is 2.55. The number of rotatable bonds is 3. The summed E-state index contributed by atoms with van der Waals surface area (Å²) in [4.78, 5) is 37.7. The lowest BCUT2D eigenvalue weighted by molar-refractivity contribution is -0.148. The molecule has 0 aliphatic carbocycles. The van der Waals surface area contributed by atoms with E-state index < -0.39 is 18.7 Å². The highest BCUT2D eigenvalue weighted by Crippen LogP contribution is 2.22. The molecule has 7 heteroatoms. The Labute approximate surface area is 127 Å². The molecule has 0 bridgehead atoms. The number of benzene rings is 1. The first-order chi connectivity index (χ1) is 10.6. The fourth-order valence-corrected chi connectivity index (χ4v) is 2.94. The van der Waals surface area contributed by atoms with Crippen molar-refractivity contribution in [3.05, 3.63) is 35.9 Å². The van der Waals surface area contributed by atoms with E-state index in [-0.39, 0.29) is 30.3 Å². The number of aliphatic hydroxyl groups is 1. The molecule has 2 aliphatic heterocycles. The van der Waals surface area contributed by atoms with Gasteiger partial charge in [0.15, 0.2) is 0 Å². The minimum Gasteiger partial charge on any atom is -0.394 e. The third-order valence-electron chi connectivity index (χ3n) is 4.06. The molecule has 22 heavy (non-hydrogen) atoms. The minimum absolute atomic E-state index is 0.225. The summed E-state index contributed by atoms with van der Waals surface area (Å²) in [6, 6.07) is 7.05. The highest BCUT2D eigenvalue weighted by molar-refractivity contribution is 5.98. The molecule has 3 N–H and O–H groups in total. The van der Waals surface area contributed by atoms with Crippen LogP contribution in [0.4, 0.5) is 0 Å². The normalized spacial score (nSPS) is 27.3. The molecule has 2 saturated heterocycles. The van der Waals surface area contributed by atoms with Crippen LogP contribution in [-0.2, 0) is 9.59 Å². The maximum atomic E-state index is 12.1. The molecular formula is C15H17N3O4. The van der Waals surface area contributed by atoms with Crippen molar-refractivity contribution in [1.82, 2.24) is 15.5 Å². The van der Waals surface area contributed by atoms with E-state index in [9.17, 15) is 14.4 Å². The molecule has 0 spiro atoms. The number of piperazine rings is 1. The number of aliphatic hydroxyl groups excluding tert-OH is 1. The first kappa shape index (κ1) is 14.5. The van der Waals surface area contributed by atoms with Gasteiger partial charge in [-0.05, 0) is 18.6 Å². The second-order valence-corrected chi connectivity index (χ2v) is 5.52. The molecule has 7 nitrogen and oxygen atoms in total. The molecule has 0 saturated carbocycles. The van der Waals surface area contributed by atoms with Gasteiger partial charge in [-0.1, -0.05) is 18.2 Å². The largest absolute Gasteiger partial charge is 0.394 e. The first-order valence-corrected chi connectivity index (χ1v) is 7.18. The lowest BCUT2D eigenvalue weighted by atomic mass is 10.1. The lowest BCUT2D eigenvalue weighted by Crippen LogP contribution is -2.62. The van der Waals surface area contributed by atoms with E-state index in [1.54, 1.807) is 24.3 Å². The van der Waals surface area contributed by atoms with E-state index in [0.717, 1.165) is 0 Å². The van der Waals surface area contributed by atoms with E-state index in [0.29, 0.717) is 12.0 Å². The molecule has 1 aromatic rings. The van der Waals surface area contributed by atoms with Crippen LogP contribution in [0.5, 0.6) is 0 Å². The van der Waals surface area contributed by atoms with E-state index in [4.69, 9.17) is 5.11 Å². The summed E-state index contributed by atoms with van der Waals surface area (Å²) in [6.07, 6.45) is 0.383. The molecule has 3 atom stereocenters. The lowest BCUT2D eigenvalue weighted by Gasteiger charge is -2.33. The fourth-order valence-electron chi connectivity index (χ4n) is 2.94. The topological polar surface area (TPSA) is 98.7 Å². The molecule has 3 amide bonds. The molecule has 1 aromatic carbocycles. The molecule has 2 heterocycles. The van der Waals surface area contributed by atoms with Crippen molar-refractivity contribution >= 4 is 17.7 Å². The van der Waals surface area contributed by atoms with Crippen LogP contribution in [0.1, 0.15) is 16.8 Å². The summed E-state index contributed by atoms with van der Waals surface area (Å²) < 4.78 is 0. The Morgan fingerprint density at radius 2 is 2.05 bits per heavy atom. The number of carbonyl (C=O) groups excluding carboxylic acids is 3. The predicted octanol–water partition coefficient (Wildman–Crippen LogP) is -1.12. The van der Waals surface area contributed by atoms with Crippen LogP contribution in [0.2, 0.25) is 0 Å². The van der Waals surface area contributed by atoms with Crippen molar-refractivity contribution in [2.24, 2.45) is 0 Å². The number of fused-ring (bicyclic) bond motifs is 1. The summed E-state index contributed by atoms with van der Waals surface area (Å²) in [5, 5.41) is 14.5. The van der Waals surface area contributed by atoms with Gasteiger partial charge in [-0.2, -0.15) is 0 Å². The number of nitrogens with one attached hydrogen (secondary N) is 2. The van der Waals surface area contributed by atoms with E-state index >= 15 is 0 Å².